The number of esters is 2. The van der Waals surface area contributed by atoms with E-state index in [1.165, 1.54) is 0 Å². The van der Waals surface area contributed by atoms with Crippen molar-refractivity contribution < 1.29 is 42.9 Å². The lowest BCUT2D eigenvalue weighted by Crippen LogP contribution is -2.78. The number of furan rings is 1. The van der Waals surface area contributed by atoms with E-state index in [1.54, 1.807) is 42.9 Å². The van der Waals surface area contributed by atoms with Crippen molar-refractivity contribution in [1.82, 2.24) is 0 Å². The van der Waals surface area contributed by atoms with Crippen molar-refractivity contribution >= 4 is 17.7 Å². The van der Waals surface area contributed by atoms with E-state index in [0.717, 1.165) is 12.7 Å². The quantitative estimate of drug-likeness (QED) is 0.486. The van der Waals surface area contributed by atoms with Gasteiger partial charge in [-0.05, 0) is 55.7 Å². The molecule has 9 heteroatoms. The van der Waals surface area contributed by atoms with Crippen LogP contribution in [0.5, 0.6) is 0 Å². The Morgan fingerprint density at radius 3 is 2.59 bits per heavy atom. The van der Waals surface area contributed by atoms with Crippen molar-refractivity contribution in [3.8, 4) is 0 Å². The number of aliphatic hydroxyl groups is 1. The van der Waals surface area contributed by atoms with Gasteiger partial charge in [0.25, 0.3) is 0 Å². The summed E-state index contributed by atoms with van der Waals surface area (Å²) in [6, 6.07) is 10.2. The minimum absolute atomic E-state index is 0.00502. The van der Waals surface area contributed by atoms with Crippen LogP contribution in [0.4, 0.5) is 0 Å². The van der Waals surface area contributed by atoms with Crippen molar-refractivity contribution in [2.75, 3.05) is 7.11 Å². The Balaban J connectivity index is 1.50. The Morgan fingerprint density at radius 2 is 1.89 bits per heavy atom. The van der Waals surface area contributed by atoms with Gasteiger partial charge in [0.15, 0.2) is 12.1 Å². The molecule has 2 bridgehead atoms. The molecule has 4 aliphatic rings. The summed E-state index contributed by atoms with van der Waals surface area (Å²) in [5.74, 6) is -2.70. The van der Waals surface area contributed by atoms with E-state index in [4.69, 9.17) is 23.4 Å². The van der Waals surface area contributed by atoms with Crippen LogP contribution in [0.15, 0.2) is 53.3 Å². The zero-order valence-corrected chi connectivity index (χ0v) is 20.8. The van der Waals surface area contributed by atoms with Gasteiger partial charge in [-0.3, -0.25) is 4.79 Å². The van der Waals surface area contributed by atoms with E-state index >= 15 is 0 Å². The summed E-state index contributed by atoms with van der Waals surface area (Å²) in [4.78, 5) is 39.9. The van der Waals surface area contributed by atoms with Crippen molar-refractivity contribution in [2.24, 2.45) is 22.7 Å². The van der Waals surface area contributed by atoms with Crippen LogP contribution in [0.25, 0.3) is 0 Å². The zero-order valence-electron chi connectivity index (χ0n) is 20.8. The number of carbonyl (C=O) groups is 3. The van der Waals surface area contributed by atoms with Crippen molar-refractivity contribution in [2.45, 2.75) is 63.3 Å². The number of ether oxygens (including phenoxy) is 4. The van der Waals surface area contributed by atoms with Crippen molar-refractivity contribution in [1.29, 1.82) is 0 Å². The lowest BCUT2D eigenvalue weighted by atomic mass is 9.40. The molecular formula is C28H30O9. The molecule has 9 nitrogen and oxygen atoms in total. The number of Topliss-reactive ketones (excluding diaryl/α,β-unsaturated/α-hetero) is 1. The largest absolute Gasteiger partial charge is 0.472 e. The molecule has 1 spiro atoms. The van der Waals surface area contributed by atoms with Crippen molar-refractivity contribution in [3.63, 3.8) is 0 Å². The number of rotatable bonds is 4. The highest BCUT2D eigenvalue weighted by Gasteiger charge is 2.81. The Morgan fingerprint density at radius 1 is 1.11 bits per heavy atom. The van der Waals surface area contributed by atoms with E-state index in [2.05, 4.69) is 6.92 Å². The Labute approximate surface area is 214 Å². The molecule has 8 unspecified atom stereocenters. The lowest BCUT2D eigenvalue weighted by Gasteiger charge is -2.67. The van der Waals surface area contributed by atoms with Crippen LogP contribution in [0.1, 0.15) is 61.1 Å². The van der Waals surface area contributed by atoms with Gasteiger partial charge in [-0.15, -0.1) is 0 Å². The first-order chi connectivity index (χ1) is 17.8. The molecule has 0 radical (unpaired) electrons. The number of methoxy groups -OCH3 is 1. The average molecular weight is 511 g/mol. The maximum Gasteiger partial charge on any atom is 0.346 e. The second-order valence-electron chi connectivity index (χ2n) is 10.8. The topological polar surface area (TPSA) is 122 Å². The molecule has 2 aliphatic carbocycles. The molecule has 3 heterocycles. The maximum absolute atomic E-state index is 13.4. The summed E-state index contributed by atoms with van der Waals surface area (Å²) in [7, 11) is 1.14. The van der Waals surface area contributed by atoms with E-state index < -0.39 is 52.7 Å². The maximum atomic E-state index is 13.4. The molecule has 2 aromatic rings. The van der Waals surface area contributed by atoms with Crippen LogP contribution in [0, 0.1) is 22.7 Å². The van der Waals surface area contributed by atoms with Gasteiger partial charge in [0, 0.05) is 17.4 Å². The Hall–Kier alpha value is -3.01. The van der Waals surface area contributed by atoms with Crippen LogP contribution in [0.2, 0.25) is 0 Å². The van der Waals surface area contributed by atoms with E-state index in [9.17, 15) is 19.5 Å². The van der Waals surface area contributed by atoms with Gasteiger partial charge in [-0.2, -0.15) is 0 Å². The number of hydrogen-bond donors (Lipinski definition) is 1. The van der Waals surface area contributed by atoms with Crippen LogP contribution < -0.4 is 0 Å². The normalized spacial score (nSPS) is 40.4. The summed E-state index contributed by atoms with van der Waals surface area (Å²) < 4.78 is 29.1. The minimum atomic E-state index is -2.53. The SMILES string of the molecule is COC(=O)C1(O)C(=O)CCC2C34CC(c5ccoc5)OC3OC(OC(=O)c3ccccc3)C21CCC4C. The number of hydrogen-bond acceptors (Lipinski definition) is 9. The van der Waals surface area contributed by atoms with Gasteiger partial charge in [-0.1, -0.05) is 25.1 Å². The number of benzene rings is 1. The highest BCUT2D eigenvalue weighted by molar-refractivity contribution is 6.09. The van der Waals surface area contributed by atoms with Crippen LogP contribution in [-0.4, -0.2) is 48.1 Å². The molecule has 1 aromatic heterocycles. The van der Waals surface area contributed by atoms with Crippen molar-refractivity contribution in [3.05, 3.63) is 60.1 Å². The highest BCUT2D eigenvalue weighted by Crippen LogP contribution is 2.73. The van der Waals surface area contributed by atoms with Gasteiger partial charge >= 0.3 is 11.9 Å². The molecule has 0 amide bonds. The summed E-state index contributed by atoms with van der Waals surface area (Å²) in [5.41, 5.74) is -3.55. The fraction of sp³-hybridized carbons (Fsp3) is 0.536. The zero-order chi connectivity index (χ0) is 26.0. The third kappa shape index (κ3) is 3.11. The molecule has 1 aromatic carbocycles. The van der Waals surface area contributed by atoms with Crippen LogP contribution in [-0.2, 0) is 28.5 Å². The fourth-order valence-corrected chi connectivity index (χ4v) is 7.70. The molecule has 2 saturated heterocycles. The summed E-state index contributed by atoms with van der Waals surface area (Å²) in [6.45, 7) is 2.12. The molecular weight excluding hydrogens is 480 g/mol. The second-order valence-corrected chi connectivity index (χ2v) is 10.8. The minimum Gasteiger partial charge on any atom is -0.472 e. The van der Waals surface area contributed by atoms with Crippen LogP contribution >= 0.6 is 0 Å². The average Bonchev–Trinajstić information content (AvgIpc) is 3.57. The summed E-state index contributed by atoms with van der Waals surface area (Å²) in [6.07, 6.45) is 2.44. The molecule has 2 aliphatic heterocycles. The molecule has 2 saturated carbocycles. The Kier molecular flexibility index (Phi) is 5.60. The third-order valence-electron chi connectivity index (χ3n) is 9.47. The molecule has 196 valence electrons. The van der Waals surface area contributed by atoms with E-state index in [0.29, 0.717) is 19.3 Å². The summed E-state index contributed by atoms with van der Waals surface area (Å²) in [5, 5.41) is 12.1. The number of carbonyl (C=O) groups excluding carboxylic acids is 3. The molecule has 37 heavy (non-hydrogen) atoms. The monoisotopic (exact) mass is 510 g/mol. The molecule has 6 rings (SSSR count). The molecule has 8 atom stereocenters. The predicted molar refractivity (Wildman–Crippen MR) is 126 cm³/mol. The van der Waals surface area contributed by atoms with Gasteiger partial charge in [0.2, 0.25) is 11.9 Å². The molecule has 1 N–H and O–H groups in total. The second kappa shape index (κ2) is 8.51. The molecule has 4 fully saturated rings. The van der Waals surface area contributed by atoms with Gasteiger partial charge in [0.1, 0.15) is 0 Å². The standard InChI is InChI=1S/C28H30O9/c1-16-10-12-27-20(8-9-21(29)28(27,32)23(31)33-2)26(16)14-19(18-11-13-34-15-18)35-24(26)37-25(27)36-22(30)17-6-4-3-5-7-17/h3-7,11,13,15-16,19-20,24-25,32H,8-10,12,14H2,1-2H3. The summed E-state index contributed by atoms with van der Waals surface area (Å²) >= 11 is 0. The van der Waals surface area contributed by atoms with Gasteiger partial charge < -0.3 is 28.5 Å². The van der Waals surface area contributed by atoms with Crippen LogP contribution in [0.3, 0.4) is 0 Å². The van der Waals surface area contributed by atoms with E-state index in [-0.39, 0.29) is 30.4 Å². The van der Waals surface area contributed by atoms with Gasteiger partial charge in [-0.25, -0.2) is 9.59 Å². The van der Waals surface area contributed by atoms with E-state index in [1.807, 2.05) is 6.07 Å². The third-order valence-corrected chi connectivity index (χ3v) is 9.47. The number of ketones is 1. The lowest BCUT2D eigenvalue weighted by molar-refractivity contribution is -0.390. The highest BCUT2D eigenvalue weighted by atomic mass is 16.8. The Bertz CT molecular complexity index is 1200. The predicted octanol–water partition coefficient (Wildman–Crippen LogP) is 3.57. The first kappa shape index (κ1) is 24.3. The first-order valence-electron chi connectivity index (χ1n) is 12.7. The smallest absolute Gasteiger partial charge is 0.346 e. The first-order valence-corrected chi connectivity index (χ1v) is 12.7. The fourth-order valence-electron chi connectivity index (χ4n) is 7.70. The van der Waals surface area contributed by atoms with Gasteiger partial charge in [0.05, 0.1) is 36.7 Å².